The second-order valence-corrected chi connectivity index (χ2v) is 13.6. The molecule has 0 N–H and O–H groups in total. The van der Waals surface area contributed by atoms with Crippen LogP contribution in [0.3, 0.4) is 0 Å². The largest absolute Gasteiger partial charge is 0.449 e. The summed E-state index contributed by atoms with van der Waals surface area (Å²) in [6.07, 6.45) is 0. The molecule has 7 aromatic carbocycles. The average Bonchev–Trinajstić information content (AvgIpc) is 3.43. The zero-order valence-electron chi connectivity index (χ0n) is 28.1. The molecule has 0 atom stereocenters. The Morgan fingerprint density at radius 3 is 1.80 bits per heavy atom. The van der Waals surface area contributed by atoms with E-state index in [9.17, 15) is 0 Å². The van der Waals surface area contributed by atoms with Gasteiger partial charge in [0.25, 0.3) is 0 Å². The van der Waals surface area contributed by atoms with Crippen LogP contribution in [-0.4, -0.2) is 15.0 Å². The van der Waals surface area contributed by atoms with Gasteiger partial charge >= 0.3 is 0 Å². The zero-order valence-corrected chi connectivity index (χ0v) is 28.1. The van der Waals surface area contributed by atoms with Crippen molar-refractivity contribution in [3.05, 3.63) is 163 Å². The van der Waals surface area contributed by atoms with E-state index < -0.39 is 0 Å². The van der Waals surface area contributed by atoms with Crippen LogP contribution in [0.5, 0.6) is 23.0 Å². The van der Waals surface area contributed by atoms with Crippen LogP contribution in [0.15, 0.2) is 152 Å². The number of hydrogen-bond acceptors (Lipinski definition) is 5. The first-order chi connectivity index (χ1) is 25.0. The zero-order chi connectivity index (χ0) is 34.1. The lowest BCUT2D eigenvalue weighted by Gasteiger charge is -2.25. The number of hydrogen-bond donors (Lipinski definition) is 0. The molecule has 8 aromatic rings. The summed E-state index contributed by atoms with van der Waals surface area (Å²) in [4.78, 5) is 15.2. The topological polar surface area (TPSA) is 57.1 Å². The molecule has 0 saturated heterocycles. The number of aromatic nitrogens is 3. The molecule has 1 aliphatic carbocycles. The van der Waals surface area contributed by atoms with E-state index in [0.717, 1.165) is 49.9 Å². The van der Waals surface area contributed by atoms with Crippen LogP contribution < -0.4 is 9.47 Å². The third kappa shape index (κ3) is 4.66. The molecular formula is C46H31N3O2. The average molecular weight is 658 g/mol. The van der Waals surface area contributed by atoms with Crippen LogP contribution in [0, 0.1) is 0 Å². The van der Waals surface area contributed by atoms with E-state index in [0.29, 0.717) is 34.7 Å². The van der Waals surface area contributed by atoms with Gasteiger partial charge in [0, 0.05) is 27.7 Å². The van der Waals surface area contributed by atoms with E-state index in [4.69, 9.17) is 24.4 Å². The quantitative estimate of drug-likeness (QED) is 0.188. The molecule has 0 amide bonds. The molecular weight excluding hydrogens is 627 g/mol. The summed E-state index contributed by atoms with van der Waals surface area (Å²) in [6.45, 7) is 4.53. The summed E-state index contributed by atoms with van der Waals surface area (Å²) in [6, 6.07) is 51.9. The normalized spacial score (nSPS) is 13.4. The molecule has 0 bridgehead atoms. The van der Waals surface area contributed by atoms with Crippen molar-refractivity contribution in [3.8, 4) is 79.4 Å². The maximum absolute atomic E-state index is 6.78. The predicted octanol–water partition coefficient (Wildman–Crippen LogP) is 11.9. The van der Waals surface area contributed by atoms with Crippen molar-refractivity contribution >= 4 is 10.8 Å². The molecule has 0 spiro atoms. The number of rotatable bonds is 4. The molecule has 10 rings (SSSR count). The first kappa shape index (κ1) is 29.3. The van der Waals surface area contributed by atoms with Crippen LogP contribution >= 0.6 is 0 Å². The summed E-state index contributed by atoms with van der Waals surface area (Å²) in [5.41, 5.74) is 9.62. The van der Waals surface area contributed by atoms with Gasteiger partial charge in [0.2, 0.25) is 0 Å². The lowest BCUT2D eigenvalue weighted by Crippen LogP contribution is -2.15. The Kier molecular flexibility index (Phi) is 6.46. The van der Waals surface area contributed by atoms with Gasteiger partial charge < -0.3 is 9.47 Å². The lowest BCUT2D eigenvalue weighted by atomic mass is 9.82. The Labute approximate surface area is 295 Å². The van der Waals surface area contributed by atoms with Gasteiger partial charge in [-0.1, -0.05) is 135 Å². The first-order valence-electron chi connectivity index (χ1n) is 17.2. The smallest absolute Gasteiger partial charge is 0.178 e. The molecule has 242 valence electrons. The van der Waals surface area contributed by atoms with Crippen LogP contribution in [0.1, 0.15) is 25.0 Å². The highest BCUT2D eigenvalue weighted by Gasteiger charge is 2.39. The van der Waals surface area contributed by atoms with Crippen LogP contribution in [0.4, 0.5) is 0 Å². The Balaban J connectivity index is 1.11. The maximum atomic E-state index is 6.78. The van der Waals surface area contributed by atoms with Crippen molar-refractivity contribution in [2.45, 2.75) is 19.3 Å². The van der Waals surface area contributed by atoms with Crippen molar-refractivity contribution in [1.82, 2.24) is 15.0 Å². The van der Waals surface area contributed by atoms with E-state index >= 15 is 0 Å². The standard InChI is InChI=1S/C46H31N3O2/c1-46(2)36-20-12-11-19-35(36)41-37(46)24-26-39-42(41)51-40-27-30(21-25-38(40)50-39)44-47-43(29-15-7-4-8-16-29)48-45(49-44)34-23-22-31(28-13-5-3-6-14-28)32-17-9-10-18-33(32)34/h3-27H,1-2H3. The van der Waals surface area contributed by atoms with Gasteiger partial charge in [0.15, 0.2) is 40.5 Å². The molecule has 2 aliphatic rings. The van der Waals surface area contributed by atoms with Gasteiger partial charge in [-0.15, -0.1) is 0 Å². The van der Waals surface area contributed by atoms with Gasteiger partial charge in [-0.2, -0.15) is 0 Å². The van der Waals surface area contributed by atoms with Gasteiger partial charge in [-0.25, -0.2) is 15.0 Å². The highest BCUT2D eigenvalue weighted by atomic mass is 16.6. The third-order valence-corrected chi connectivity index (χ3v) is 10.2. The summed E-state index contributed by atoms with van der Waals surface area (Å²) in [5.74, 6) is 4.48. The van der Waals surface area contributed by atoms with E-state index in [1.54, 1.807) is 0 Å². The second-order valence-electron chi connectivity index (χ2n) is 13.6. The van der Waals surface area contributed by atoms with Crippen molar-refractivity contribution in [2.24, 2.45) is 0 Å². The van der Waals surface area contributed by atoms with Gasteiger partial charge in [-0.3, -0.25) is 0 Å². The van der Waals surface area contributed by atoms with E-state index in [1.807, 2.05) is 60.7 Å². The van der Waals surface area contributed by atoms with Gasteiger partial charge in [-0.05, 0) is 68.9 Å². The van der Waals surface area contributed by atoms with Gasteiger partial charge in [0.05, 0.1) is 0 Å². The number of ether oxygens (including phenoxy) is 2. The molecule has 2 heterocycles. The minimum absolute atomic E-state index is 0.148. The second kappa shape index (κ2) is 11.2. The minimum atomic E-state index is -0.148. The molecule has 5 nitrogen and oxygen atoms in total. The van der Waals surface area contributed by atoms with Crippen molar-refractivity contribution in [3.63, 3.8) is 0 Å². The molecule has 0 saturated carbocycles. The van der Waals surface area contributed by atoms with Crippen LogP contribution in [0.2, 0.25) is 0 Å². The summed E-state index contributed by atoms with van der Waals surface area (Å²) in [7, 11) is 0. The third-order valence-electron chi connectivity index (χ3n) is 10.2. The Morgan fingerprint density at radius 2 is 1.02 bits per heavy atom. The molecule has 0 unspecified atom stereocenters. The number of fused-ring (bicyclic) bond motifs is 7. The van der Waals surface area contributed by atoms with Crippen LogP contribution in [0.25, 0.3) is 67.2 Å². The molecule has 1 aromatic heterocycles. The molecule has 5 heteroatoms. The van der Waals surface area contributed by atoms with Crippen LogP contribution in [-0.2, 0) is 5.41 Å². The molecule has 1 aliphatic heterocycles. The first-order valence-corrected chi connectivity index (χ1v) is 17.2. The van der Waals surface area contributed by atoms with E-state index in [2.05, 4.69) is 105 Å². The van der Waals surface area contributed by atoms with E-state index in [1.165, 1.54) is 16.7 Å². The summed E-state index contributed by atoms with van der Waals surface area (Å²) in [5, 5.41) is 2.21. The number of benzene rings is 7. The summed E-state index contributed by atoms with van der Waals surface area (Å²) < 4.78 is 13.3. The Morgan fingerprint density at radius 1 is 0.412 bits per heavy atom. The van der Waals surface area contributed by atoms with Gasteiger partial charge in [0.1, 0.15) is 0 Å². The monoisotopic (exact) mass is 657 g/mol. The van der Waals surface area contributed by atoms with Crippen molar-refractivity contribution in [2.75, 3.05) is 0 Å². The van der Waals surface area contributed by atoms with E-state index in [-0.39, 0.29) is 5.41 Å². The minimum Gasteiger partial charge on any atom is -0.449 e. The molecule has 51 heavy (non-hydrogen) atoms. The summed E-state index contributed by atoms with van der Waals surface area (Å²) >= 11 is 0. The fourth-order valence-corrected chi connectivity index (χ4v) is 7.67. The highest BCUT2D eigenvalue weighted by Crippen LogP contribution is 2.58. The SMILES string of the molecule is CC1(C)c2ccccc2-c2c1ccc1c2Oc2cc(-c3nc(-c4ccccc4)nc(-c4ccc(-c5ccccc5)c5ccccc45)n3)ccc2O1. The van der Waals surface area contributed by atoms with Crippen molar-refractivity contribution < 1.29 is 9.47 Å². The number of nitrogens with zero attached hydrogens (tertiary/aromatic N) is 3. The Hall–Kier alpha value is -6.59. The fraction of sp³-hybridized carbons (Fsp3) is 0.0652. The maximum Gasteiger partial charge on any atom is 0.178 e. The predicted molar refractivity (Wildman–Crippen MR) is 203 cm³/mol. The van der Waals surface area contributed by atoms with Crippen molar-refractivity contribution in [1.29, 1.82) is 0 Å². The molecule has 0 fully saturated rings. The molecule has 0 radical (unpaired) electrons. The fourth-order valence-electron chi connectivity index (χ4n) is 7.67. The lowest BCUT2D eigenvalue weighted by molar-refractivity contribution is 0.360. The Bertz CT molecular complexity index is 2670. The highest BCUT2D eigenvalue weighted by molar-refractivity contribution is 6.04.